The normalized spacial score (nSPS) is 30.7. The molecule has 1 aromatic heterocycles. The number of ether oxygens (including phenoxy) is 2. The predicted octanol–water partition coefficient (Wildman–Crippen LogP) is 5.25. The van der Waals surface area contributed by atoms with Crippen molar-refractivity contribution in [2.24, 2.45) is 33.8 Å². The number of rotatable bonds is 12. The van der Waals surface area contributed by atoms with Gasteiger partial charge in [-0.3, -0.25) is 29.0 Å². The van der Waals surface area contributed by atoms with Crippen LogP contribution < -0.4 is 11.1 Å². The number of hydrogen-bond acceptors (Lipinski definition) is 11. The van der Waals surface area contributed by atoms with E-state index in [2.05, 4.69) is 24.1 Å². The Morgan fingerprint density at radius 2 is 1.70 bits per heavy atom. The van der Waals surface area contributed by atoms with Crippen LogP contribution in [0.3, 0.4) is 0 Å². The van der Waals surface area contributed by atoms with Crippen molar-refractivity contribution >= 4 is 45.9 Å². The van der Waals surface area contributed by atoms with Gasteiger partial charge in [-0.15, -0.1) is 0 Å². The summed E-state index contributed by atoms with van der Waals surface area (Å²) < 4.78 is 10.6. The fourth-order valence-electron chi connectivity index (χ4n) is 10.5. The van der Waals surface area contributed by atoms with Gasteiger partial charge < -0.3 is 30.7 Å². The van der Waals surface area contributed by atoms with Gasteiger partial charge in [0.15, 0.2) is 12.4 Å². The molecule has 3 fully saturated rings. The Hall–Kier alpha value is -5.04. The molecule has 12 heteroatoms. The number of fused-ring (bicyclic) bond motifs is 6. The van der Waals surface area contributed by atoms with Crippen LogP contribution in [0.2, 0.25) is 0 Å². The third-order valence-corrected chi connectivity index (χ3v) is 14.2. The van der Waals surface area contributed by atoms with Crippen molar-refractivity contribution in [3.05, 3.63) is 95.9 Å². The van der Waals surface area contributed by atoms with Gasteiger partial charge in [-0.25, -0.2) is 0 Å². The molecule has 1 heterocycles. The standard InChI is InChI=1S/C45H51N3O9/c1-42-17-14-33(49)21-31(42)9-11-36-35-15-18-45(55,43(35,2)22-37(50)44(36,42)3)38(51)26-57-40(53)13-12-39(52)56-25-27-4-6-28(7-5-27)34(23-46)41(54)48-32-10-8-30-24-47-19-16-29(30)20-32/h4-8,10,14,16-17,19-21,24,34-37,50,55H,9,11-13,15,18,22-23,25-26,46H2,1-3H3,(H,48,54)/t34-,35+,36+,37+,42+,43+,44-,45+/m1/s1. The van der Waals surface area contributed by atoms with Gasteiger partial charge >= 0.3 is 11.9 Å². The summed E-state index contributed by atoms with van der Waals surface area (Å²) >= 11 is 0. The average Bonchev–Trinajstić information content (AvgIpc) is 3.46. The van der Waals surface area contributed by atoms with E-state index in [4.69, 9.17) is 15.2 Å². The Bertz CT molecular complexity index is 2170. The van der Waals surface area contributed by atoms with Crippen molar-refractivity contribution in [2.75, 3.05) is 18.5 Å². The summed E-state index contributed by atoms with van der Waals surface area (Å²) in [5, 5.41) is 28.7. The molecule has 300 valence electrons. The summed E-state index contributed by atoms with van der Waals surface area (Å²) in [6.07, 6.45) is 9.60. The number of aromatic nitrogens is 1. The van der Waals surface area contributed by atoms with E-state index in [0.29, 0.717) is 29.7 Å². The Labute approximate surface area is 331 Å². The lowest BCUT2D eigenvalue weighted by Crippen LogP contribution is -2.66. The van der Waals surface area contributed by atoms with Crippen LogP contribution in [0.1, 0.15) is 82.8 Å². The molecule has 0 unspecified atom stereocenters. The first-order chi connectivity index (χ1) is 27.1. The molecular weight excluding hydrogens is 727 g/mol. The monoisotopic (exact) mass is 777 g/mol. The molecule has 0 bridgehead atoms. The zero-order chi connectivity index (χ0) is 40.8. The fourth-order valence-corrected chi connectivity index (χ4v) is 10.5. The number of hydrogen-bond donors (Lipinski definition) is 4. The van der Waals surface area contributed by atoms with Crippen LogP contribution in [-0.2, 0) is 40.1 Å². The lowest BCUT2D eigenvalue weighted by atomic mass is 9.39. The van der Waals surface area contributed by atoms with Gasteiger partial charge in [-0.05, 0) is 90.8 Å². The predicted molar refractivity (Wildman–Crippen MR) is 211 cm³/mol. The molecular formula is C45H51N3O9. The van der Waals surface area contributed by atoms with Gasteiger partial charge in [0, 0.05) is 46.3 Å². The third-order valence-electron chi connectivity index (χ3n) is 14.2. The first-order valence-corrected chi connectivity index (χ1v) is 19.8. The highest BCUT2D eigenvalue weighted by Crippen LogP contribution is 2.71. The molecule has 7 rings (SSSR count). The Kier molecular flexibility index (Phi) is 10.8. The maximum atomic E-state index is 13.7. The molecule has 4 aliphatic carbocycles. The zero-order valence-corrected chi connectivity index (χ0v) is 32.7. The summed E-state index contributed by atoms with van der Waals surface area (Å²) in [5.74, 6) is -2.99. The quantitative estimate of drug-likeness (QED) is 0.176. The SMILES string of the molecule is C[C@]12[C@@H](O)C[C@@]3(C)[C@@H](CC[C@]3(O)C(=O)COC(=O)CCC(=O)OCc3ccc([C@@H](CN)C(=O)Nc4ccc5cnccc5c4)cc3)[C@@H]1CCC1=CC(=O)C=C[C@@]12C. The van der Waals surface area contributed by atoms with Crippen molar-refractivity contribution in [1.82, 2.24) is 4.98 Å². The largest absolute Gasteiger partial charge is 0.461 e. The number of esters is 2. The molecule has 3 saturated carbocycles. The highest BCUT2D eigenvalue weighted by atomic mass is 16.5. The van der Waals surface area contributed by atoms with Crippen LogP contribution >= 0.6 is 0 Å². The molecule has 3 aromatic rings. The molecule has 5 N–H and O–H groups in total. The molecule has 1 amide bonds. The number of Topliss-reactive ketones (excluding diaryl/α,β-unsaturated/α-hetero) is 1. The van der Waals surface area contributed by atoms with E-state index in [9.17, 15) is 34.2 Å². The van der Waals surface area contributed by atoms with Crippen LogP contribution in [0.4, 0.5) is 5.69 Å². The lowest BCUT2D eigenvalue weighted by molar-refractivity contribution is -0.206. The van der Waals surface area contributed by atoms with Crippen molar-refractivity contribution in [2.45, 2.75) is 89.9 Å². The van der Waals surface area contributed by atoms with Crippen LogP contribution in [0, 0.1) is 28.1 Å². The number of aliphatic hydroxyl groups excluding tert-OH is 1. The summed E-state index contributed by atoms with van der Waals surface area (Å²) in [5.41, 5.74) is 5.15. The summed E-state index contributed by atoms with van der Waals surface area (Å²) in [7, 11) is 0. The number of aliphatic hydroxyl groups is 2. The number of pyridine rings is 1. The second-order valence-electron chi connectivity index (χ2n) is 16.9. The number of allylic oxidation sites excluding steroid dienone is 4. The van der Waals surface area contributed by atoms with Crippen molar-refractivity contribution in [3.63, 3.8) is 0 Å². The van der Waals surface area contributed by atoms with Crippen LogP contribution in [-0.4, -0.2) is 69.5 Å². The molecule has 0 spiro atoms. The number of carbonyl (C=O) groups is 5. The van der Waals surface area contributed by atoms with Gasteiger partial charge in [0.1, 0.15) is 12.2 Å². The first-order valence-electron chi connectivity index (χ1n) is 19.8. The van der Waals surface area contributed by atoms with Gasteiger partial charge in [-0.1, -0.05) is 62.8 Å². The number of ketones is 2. The minimum absolute atomic E-state index is 0.00560. The van der Waals surface area contributed by atoms with Gasteiger partial charge in [0.25, 0.3) is 0 Å². The molecule has 0 aliphatic heterocycles. The number of nitrogens with two attached hydrogens (primary N) is 1. The second kappa shape index (κ2) is 15.4. The minimum Gasteiger partial charge on any atom is -0.461 e. The number of benzene rings is 2. The maximum Gasteiger partial charge on any atom is 0.306 e. The number of carbonyl (C=O) groups excluding carboxylic acids is 5. The zero-order valence-electron chi connectivity index (χ0n) is 32.7. The van der Waals surface area contributed by atoms with Gasteiger partial charge in [-0.2, -0.15) is 0 Å². The van der Waals surface area contributed by atoms with E-state index in [1.165, 1.54) is 0 Å². The Balaban J connectivity index is 0.875. The van der Waals surface area contributed by atoms with E-state index in [0.717, 1.165) is 22.8 Å². The van der Waals surface area contributed by atoms with E-state index < -0.39 is 58.2 Å². The van der Waals surface area contributed by atoms with Crippen molar-refractivity contribution in [3.8, 4) is 0 Å². The lowest BCUT2D eigenvalue weighted by Gasteiger charge is -2.65. The van der Waals surface area contributed by atoms with E-state index in [1.54, 1.807) is 48.8 Å². The highest BCUT2D eigenvalue weighted by molar-refractivity contribution is 6.01. The molecule has 57 heavy (non-hydrogen) atoms. The average molecular weight is 778 g/mol. The van der Waals surface area contributed by atoms with E-state index >= 15 is 0 Å². The minimum atomic E-state index is -1.80. The molecule has 2 aromatic carbocycles. The Morgan fingerprint density at radius 3 is 2.44 bits per heavy atom. The van der Waals surface area contributed by atoms with Crippen LogP contribution in [0.5, 0.6) is 0 Å². The first kappa shape index (κ1) is 40.2. The summed E-state index contributed by atoms with van der Waals surface area (Å²) in [4.78, 5) is 68.3. The molecule has 0 radical (unpaired) electrons. The second-order valence-corrected chi connectivity index (χ2v) is 16.9. The molecule has 8 atom stereocenters. The van der Waals surface area contributed by atoms with E-state index in [1.807, 2.05) is 37.3 Å². The van der Waals surface area contributed by atoms with Crippen molar-refractivity contribution in [1.29, 1.82) is 0 Å². The number of nitrogens with zero attached hydrogens (tertiary/aromatic N) is 1. The van der Waals surface area contributed by atoms with Crippen molar-refractivity contribution < 1.29 is 43.7 Å². The molecule has 0 saturated heterocycles. The summed E-state index contributed by atoms with van der Waals surface area (Å²) in [6.45, 7) is 5.40. The van der Waals surface area contributed by atoms with E-state index in [-0.39, 0.29) is 62.4 Å². The Morgan fingerprint density at radius 1 is 0.965 bits per heavy atom. The van der Waals surface area contributed by atoms with Gasteiger partial charge in [0.2, 0.25) is 11.7 Å². The fraction of sp³-hybridized carbons (Fsp3) is 0.467. The van der Waals surface area contributed by atoms with Gasteiger partial charge in [0.05, 0.1) is 24.9 Å². The highest BCUT2D eigenvalue weighted by Gasteiger charge is 2.71. The number of anilines is 1. The molecule has 12 nitrogen and oxygen atoms in total. The number of amides is 1. The number of nitrogens with one attached hydrogen (secondary N) is 1. The van der Waals surface area contributed by atoms with Crippen LogP contribution in [0.25, 0.3) is 10.8 Å². The maximum absolute atomic E-state index is 13.7. The smallest absolute Gasteiger partial charge is 0.306 e. The summed E-state index contributed by atoms with van der Waals surface area (Å²) in [6, 6.07) is 14.4. The molecule has 4 aliphatic rings. The third kappa shape index (κ3) is 7.01. The topological polar surface area (TPSA) is 195 Å². The van der Waals surface area contributed by atoms with Crippen LogP contribution in [0.15, 0.2) is 84.7 Å².